The van der Waals surface area contributed by atoms with E-state index in [4.69, 9.17) is 51.1 Å². The molecule has 3 rings (SSSR count). The van der Waals surface area contributed by atoms with Crippen LogP contribution in [0.25, 0.3) is 0 Å². The van der Waals surface area contributed by atoms with Crippen LogP contribution in [0.15, 0.2) is 55.1 Å². The molecule has 0 fully saturated rings. The Hall–Kier alpha value is -1.23. The second-order valence-corrected chi connectivity index (χ2v) is 7.15. The van der Waals surface area contributed by atoms with E-state index in [0.29, 0.717) is 33.2 Å². The topological polar surface area (TPSA) is 27.1 Å². The lowest BCUT2D eigenvalue weighted by molar-refractivity contribution is 0.0281. The zero-order chi connectivity index (χ0) is 17.8. The molecule has 25 heavy (non-hydrogen) atoms. The minimum atomic E-state index is -0.313. The smallest absolute Gasteiger partial charge is 0.102 e. The van der Waals surface area contributed by atoms with Crippen LogP contribution in [0.2, 0.25) is 20.1 Å². The maximum Gasteiger partial charge on any atom is 0.102 e. The van der Waals surface area contributed by atoms with Crippen molar-refractivity contribution in [2.45, 2.75) is 19.3 Å². The number of hydrogen-bond donors (Lipinski definition) is 0. The Labute approximate surface area is 166 Å². The molecule has 0 amide bonds. The third-order valence-electron chi connectivity index (χ3n) is 3.70. The van der Waals surface area contributed by atoms with Crippen LogP contribution >= 0.6 is 46.4 Å². The highest BCUT2D eigenvalue weighted by Gasteiger charge is 2.18. The molecule has 0 saturated heterocycles. The second-order valence-electron chi connectivity index (χ2n) is 5.46. The van der Waals surface area contributed by atoms with Crippen LogP contribution in [-0.4, -0.2) is 9.55 Å². The van der Waals surface area contributed by atoms with Gasteiger partial charge in [0.15, 0.2) is 0 Å². The first-order valence-electron chi connectivity index (χ1n) is 7.49. The van der Waals surface area contributed by atoms with E-state index in [0.717, 1.165) is 11.1 Å². The largest absolute Gasteiger partial charge is 0.367 e. The van der Waals surface area contributed by atoms with Crippen LogP contribution in [0.5, 0.6) is 0 Å². The van der Waals surface area contributed by atoms with Crippen LogP contribution in [0.1, 0.15) is 17.2 Å². The average molecular weight is 416 g/mol. The van der Waals surface area contributed by atoms with Crippen molar-refractivity contribution in [3.63, 3.8) is 0 Å². The summed E-state index contributed by atoms with van der Waals surface area (Å²) >= 11 is 24.7. The number of rotatable bonds is 6. The first-order valence-corrected chi connectivity index (χ1v) is 9.00. The maximum absolute atomic E-state index is 6.36. The summed E-state index contributed by atoms with van der Waals surface area (Å²) in [7, 11) is 0. The fourth-order valence-electron chi connectivity index (χ4n) is 2.42. The molecule has 1 unspecified atom stereocenters. The van der Waals surface area contributed by atoms with E-state index in [1.807, 2.05) is 22.9 Å². The Morgan fingerprint density at radius 1 is 0.960 bits per heavy atom. The van der Waals surface area contributed by atoms with Gasteiger partial charge in [0.25, 0.3) is 0 Å². The lowest BCUT2D eigenvalue weighted by atomic mass is 10.1. The van der Waals surface area contributed by atoms with E-state index in [-0.39, 0.29) is 6.10 Å². The molecule has 3 nitrogen and oxygen atoms in total. The van der Waals surface area contributed by atoms with Crippen molar-refractivity contribution in [3.05, 3.63) is 86.3 Å². The maximum atomic E-state index is 6.36. The molecule has 0 radical (unpaired) electrons. The second kappa shape index (κ2) is 8.43. The summed E-state index contributed by atoms with van der Waals surface area (Å²) in [6, 6.07) is 10.6. The standard InChI is InChI=1S/C18H14Cl4N2O/c19-13-3-4-16(21)15(7-13)18(9-24-6-5-23-11-24)25-10-12-1-2-14(20)8-17(12)22/h1-8,11,18H,9-10H2. The van der Waals surface area contributed by atoms with Gasteiger partial charge in [-0.25, -0.2) is 4.98 Å². The third-order valence-corrected chi connectivity index (χ3v) is 4.86. The summed E-state index contributed by atoms with van der Waals surface area (Å²) < 4.78 is 8.05. The summed E-state index contributed by atoms with van der Waals surface area (Å²) in [6.07, 6.45) is 4.99. The molecule has 2 aromatic carbocycles. The molecular weight excluding hydrogens is 402 g/mol. The molecule has 0 spiro atoms. The van der Waals surface area contributed by atoms with Crippen molar-refractivity contribution < 1.29 is 4.74 Å². The minimum absolute atomic E-state index is 0.313. The number of benzene rings is 2. The van der Waals surface area contributed by atoms with E-state index in [2.05, 4.69) is 4.98 Å². The molecule has 0 aliphatic carbocycles. The first kappa shape index (κ1) is 18.6. The molecule has 130 valence electrons. The van der Waals surface area contributed by atoms with E-state index >= 15 is 0 Å². The summed E-state index contributed by atoms with van der Waals surface area (Å²) in [4.78, 5) is 4.06. The molecule has 1 atom stereocenters. The predicted molar refractivity (Wildman–Crippen MR) is 103 cm³/mol. The number of aromatic nitrogens is 2. The van der Waals surface area contributed by atoms with Crippen LogP contribution in [0.3, 0.4) is 0 Å². The predicted octanol–water partition coefficient (Wildman–Crippen LogP) is 6.45. The van der Waals surface area contributed by atoms with Gasteiger partial charge in [-0.3, -0.25) is 0 Å². The first-order chi connectivity index (χ1) is 12.0. The van der Waals surface area contributed by atoms with Crippen molar-refractivity contribution in [1.29, 1.82) is 0 Å². The number of hydrogen-bond acceptors (Lipinski definition) is 2. The van der Waals surface area contributed by atoms with E-state index in [1.165, 1.54) is 0 Å². The zero-order valence-electron chi connectivity index (χ0n) is 13.0. The highest BCUT2D eigenvalue weighted by Crippen LogP contribution is 2.31. The van der Waals surface area contributed by atoms with Crippen molar-refractivity contribution in [1.82, 2.24) is 9.55 Å². The Morgan fingerprint density at radius 3 is 2.44 bits per heavy atom. The monoisotopic (exact) mass is 414 g/mol. The lowest BCUT2D eigenvalue weighted by Gasteiger charge is -2.21. The van der Waals surface area contributed by atoms with Gasteiger partial charge in [0.2, 0.25) is 0 Å². The molecule has 7 heteroatoms. The van der Waals surface area contributed by atoms with Gasteiger partial charge in [0.05, 0.1) is 19.5 Å². The normalized spacial score (nSPS) is 12.3. The highest BCUT2D eigenvalue weighted by molar-refractivity contribution is 6.35. The Bertz CT molecular complexity index is 852. The van der Waals surface area contributed by atoms with Gasteiger partial charge < -0.3 is 9.30 Å². The van der Waals surface area contributed by atoms with Gasteiger partial charge in [0.1, 0.15) is 6.10 Å². The van der Waals surface area contributed by atoms with Crippen LogP contribution in [0, 0.1) is 0 Å². The zero-order valence-corrected chi connectivity index (χ0v) is 16.0. The van der Waals surface area contributed by atoms with Crippen molar-refractivity contribution in [3.8, 4) is 0 Å². The highest BCUT2D eigenvalue weighted by atomic mass is 35.5. The molecule has 0 aliphatic heterocycles. The fourth-order valence-corrected chi connectivity index (χ4v) is 3.30. The third kappa shape index (κ3) is 4.90. The van der Waals surface area contributed by atoms with Crippen LogP contribution in [0.4, 0.5) is 0 Å². The SMILES string of the molecule is Clc1ccc(COC(Cn2ccnc2)c2cc(Cl)ccc2Cl)c(Cl)c1. The lowest BCUT2D eigenvalue weighted by Crippen LogP contribution is -2.13. The minimum Gasteiger partial charge on any atom is -0.367 e. The fraction of sp³-hybridized carbons (Fsp3) is 0.167. The van der Waals surface area contributed by atoms with Gasteiger partial charge in [-0.15, -0.1) is 0 Å². The molecule has 0 bridgehead atoms. The Balaban J connectivity index is 1.84. The van der Waals surface area contributed by atoms with Gasteiger partial charge in [0, 0.05) is 38.0 Å². The Kier molecular flexibility index (Phi) is 6.26. The van der Waals surface area contributed by atoms with Crippen molar-refractivity contribution >= 4 is 46.4 Å². The number of halogens is 4. The Morgan fingerprint density at radius 2 is 1.72 bits per heavy atom. The van der Waals surface area contributed by atoms with Gasteiger partial charge in [-0.05, 0) is 35.9 Å². The molecule has 0 N–H and O–H groups in total. The van der Waals surface area contributed by atoms with Gasteiger partial charge in [-0.1, -0.05) is 52.5 Å². The van der Waals surface area contributed by atoms with Crippen molar-refractivity contribution in [2.24, 2.45) is 0 Å². The van der Waals surface area contributed by atoms with Crippen LogP contribution < -0.4 is 0 Å². The molecular formula is C18H14Cl4N2O. The molecule has 0 saturated carbocycles. The van der Waals surface area contributed by atoms with E-state index < -0.39 is 0 Å². The average Bonchev–Trinajstić information content (AvgIpc) is 3.08. The summed E-state index contributed by atoms with van der Waals surface area (Å²) in [5.74, 6) is 0. The van der Waals surface area contributed by atoms with Crippen molar-refractivity contribution in [2.75, 3.05) is 0 Å². The summed E-state index contributed by atoms with van der Waals surface area (Å²) in [5, 5.41) is 2.34. The molecule has 0 aliphatic rings. The van der Waals surface area contributed by atoms with Gasteiger partial charge >= 0.3 is 0 Å². The number of nitrogens with zero attached hydrogens (tertiary/aromatic N) is 2. The molecule has 1 heterocycles. The van der Waals surface area contributed by atoms with Gasteiger partial charge in [-0.2, -0.15) is 0 Å². The summed E-state index contributed by atoms with van der Waals surface area (Å²) in [6.45, 7) is 0.865. The molecule has 3 aromatic rings. The van der Waals surface area contributed by atoms with Crippen LogP contribution in [-0.2, 0) is 17.9 Å². The number of imidazole rings is 1. The molecule has 1 aromatic heterocycles. The number of ether oxygens (including phenoxy) is 1. The van der Waals surface area contributed by atoms with E-state index in [1.54, 1.807) is 36.8 Å². The summed E-state index contributed by atoms with van der Waals surface area (Å²) in [5.41, 5.74) is 1.66. The van der Waals surface area contributed by atoms with E-state index in [9.17, 15) is 0 Å². The quantitative estimate of drug-likeness (QED) is 0.462.